The lowest BCUT2D eigenvalue weighted by molar-refractivity contribution is -0.193. The van der Waals surface area contributed by atoms with Crippen molar-refractivity contribution in [2.75, 3.05) is 13.2 Å². The molecular formula is C22H25F6N3O6S. The molecule has 2 saturated heterocycles. The van der Waals surface area contributed by atoms with Gasteiger partial charge < -0.3 is 19.7 Å². The Morgan fingerprint density at radius 3 is 2.32 bits per heavy atom. The molecule has 2 aliphatic rings. The zero-order chi connectivity index (χ0) is 28.5. The molecule has 2 aliphatic heterocycles. The topological polar surface area (TPSA) is 122 Å². The number of pyridine rings is 1. The minimum absolute atomic E-state index is 0.128. The number of rotatable bonds is 5. The molecule has 2 N–H and O–H groups in total. The molecule has 0 radical (unpaired) electrons. The quantitative estimate of drug-likeness (QED) is 0.510. The van der Waals surface area contributed by atoms with Crippen molar-refractivity contribution in [1.82, 2.24) is 14.9 Å². The summed E-state index contributed by atoms with van der Waals surface area (Å²) < 4.78 is 75.8. The van der Waals surface area contributed by atoms with E-state index in [1.54, 1.807) is 17.5 Å². The number of carbonyl (C=O) groups is 2. The number of aromatic nitrogens is 2. The Morgan fingerprint density at radius 1 is 1.18 bits per heavy atom. The van der Waals surface area contributed by atoms with Crippen LogP contribution in [0.15, 0.2) is 30.0 Å². The minimum atomic E-state index is -5.08. The van der Waals surface area contributed by atoms with Crippen LogP contribution in [0.3, 0.4) is 0 Å². The Labute approximate surface area is 217 Å². The summed E-state index contributed by atoms with van der Waals surface area (Å²) in [5.74, 6) is -5.51. The highest BCUT2D eigenvalue weighted by Gasteiger charge is 2.44. The van der Waals surface area contributed by atoms with E-state index in [2.05, 4.69) is 27.9 Å². The van der Waals surface area contributed by atoms with E-state index in [0.717, 1.165) is 37.4 Å². The lowest BCUT2D eigenvalue weighted by atomic mass is 10.0. The van der Waals surface area contributed by atoms with Crippen molar-refractivity contribution < 1.29 is 55.6 Å². The van der Waals surface area contributed by atoms with E-state index in [9.17, 15) is 26.3 Å². The van der Waals surface area contributed by atoms with Gasteiger partial charge in [-0.05, 0) is 31.4 Å². The molecule has 2 aromatic heterocycles. The summed E-state index contributed by atoms with van der Waals surface area (Å²) in [6, 6.07) is 4.46. The predicted molar refractivity (Wildman–Crippen MR) is 120 cm³/mol. The van der Waals surface area contributed by atoms with Gasteiger partial charge in [-0.15, -0.1) is 11.3 Å². The monoisotopic (exact) mass is 573 g/mol. The first kappa shape index (κ1) is 31.4. The smallest absolute Gasteiger partial charge is 0.475 e. The highest BCUT2D eigenvalue weighted by atomic mass is 32.1. The fourth-order valence-corrected chi connectivity index (χ4v) is 4.48. The van der Waals surface area contributed by atoms with Crippen LogP contribution in [-0.2, 0) is 32.2 Å². The molecule has 212 valence electrons. The second-order valence-corrected chi connectivity index (χ2v) is 9.09. The van der Waals surface area contributed by atoms with Gasteiger partial charge in [-0.3, -0.25) is 9.88 Å². The molecule has 16 heteroatoms. The Morgan fingerprint density at radius 2 is 1.82 bits per heavy atom. The van der Waals surface area contributed by atoms with Crippen LogP contribution in [0.4, 0.5) is 26.3 Å². The Bertz CT molecular complexity index is 1010. The first-order valence-electron chi connectivity index (χ1n) is 11.1. The lowest BCUT2D eigenvalue weighted by Gasteiger charge is -2.32. The molecule has 0 spiro atoms. The molecule has 4 rings (SSSR count). The summed E-state index contributed by atoms with van der Waals surface area (Å²) in [7, 11) is 0. The number of aliphatic carboxylic acids is 2. The van der Waals surface area contributed by atoms with E-state index in [-0.39, 0.29) is 12.2 Å². The third-order valence-electron chi connectivity index (χ3n) is 5.45. The van der Waals surface area contributed by atoms with Gasteiger partial charge in [0.2, 0.25) is 0 Å². The summed E-state index contributed by atoms with van der Waals surface area (Å²) in [5, 5.41) is 14.2. The first-order chi connectivity index (χ1) is 17.7. The number of hydrogen-bond donors (Lipinski definition) is 2. The van der Waals surface area contributed by atoms with Gasteiger partial charge in [0.05, 0.1) is 23.9 Å². The second-order valence-electron chi connectivity index (χ2n) is 8.15. The maximum atomic E-state index is 10.6. The van der Waals surface area contributed by atoms with E-state index in [1.165, 1.54) is 11.3 Å². The molecule has 4 heterocycles. The van der Waals surface area contributed by atoms with Gasteiger partial charge >= 0.3 is 24.3 Å². The fraction of sp³-hybridized carbons (Fsp3) is 0.545. The number of carboxylic acid groups (broad SMARTS) is 2. The van der Waals surface area contributed by atoms with Crippen LogP contribution in [0.1, 0.15) is 29.0 Å². The number of alkyl halides is 6. The van der Waals surface area contributed by atoms with E-state index in [4.69, 9.17) is 29.3 Å². The van der Waals surface area contributed by atoms with Gasteiger partial charge in [-0.2, -0.15) is 26.3 Å². The van der Waals surface area contributed by atoms with Gasteiger partial charge in [-0.25, -0.2) is 14.6 Å². The number of likely N-dealkylation sites (tertiary alicyclic amines) is 1. The van der Waals surface area contributed by atoms with Gasteiger partial charge in [0.15, 0.2) is 0 Å². The normalized spacial score (nSPS) is 21.4. The molecule has 0 unspecified atom stereocenters. The molecule has 9 nitrogen and oxygen atoms in total. The number of carboxylic acids is 2. The summed E-state index contributed by atoms with van der Waals surface area (Å²) >= 11 is 1.74. The third kappa shape index (κ3) is 9.81. The van der Waals surface area contributed by atoms with Gasteiger partial charge in [-0.1, -0.05) is 6.07 Å². The molecule has 38 heavy (non-hydrogen) atoms. The zero-order valence-electron chi connectivity index (χ0n) is 19.9. The van der Waals surface area contributed by atoms with Gasteiger partial charge in [0.25, 0.3) is 0 Å². The van der Waals surface area contributed by atoms with Crippen LogP contribution in [-0.4, -0.2) is 80.8 Å². The van der Waals surface area contributed by atoms with Crippen LogP contribution in [0.25, 0.3) is 0 Å². The van der Waals surface area contributed by atoms with E-state index >= 15 is 0 Å². The zero-order valence-corrected chi connectivity index (χ0v) is 20.7. The van der Waals surface area contributed by atoms with Crippen molar-refractivity contribution in [3.8, 4) is 0 Å². The Kier molecular flexibility index (Phi) is 11.4. The fourth-order valence-electron chi connectivity index (χ4n) is 3.68. The van der Waals surface area contributed by atoms with Crippen molar-refractivity contribution in [2.45, 2.75) is 63.5 Å². The van der Waals surface area contributed by atoms with E-state index in [1.807, 2.05) is 17.8 Å². The van der Waals surface area contributed by atoms with Crippen LogP contribution < -0.4 is 0 Å². The highest BCUT2D eigenvalue weighted by molar-refractivity contribution is 7.09. The third-order valence-corrected chi connectivity index (χ3v) is 6.37. The molecule has 0 saturated carbocycles. The average molecular weight is 574 g/mol. The number of ether oxygens (including phenoxy) is 2. The lowest BCUT2D eigenvalue weighted by Crippen LogP contribution is -2.41. The van der Waals surface area contributed by atoms with E-state index < -0.39 is 24.3 Å². The summed E-state index contributed by atoms with van der Waals surface area (Å²) in [6.45, 7) is 5.41. The first-order valence-corrected chi connectivity index (χ1v) is 11.9. The number of fused-ring (bicyclic) bond motifs is 1. The minimum Gasteiger partial charge on any atom is -0.475 e. The summed E-state index contributed by atoms with van der Waals surface area (Å²) in [5.41, 5.74) is 4.20. The van der Waals surface area contributed by atoms with Gasteiger partial charge in [0.1, 0.15) is 6.10 Å². The number of halogens is 6. The van der Waals surface area contributed by atoms with Crippen molar-refractivity contribution in [3.05, 3.63) is 46.2 Å². The number of nitrogens with zero attached hydrogens (tertiary/aromatic N) is 3. The molecule has 0 aromatic carbocycles. The second kappa shape index (κ2) is 13.8. The Hall–Kier alpha value is -2.82. The molecule has 0 bridgehead atoms. The number of aryl methyl sites for hydroxylation is 1. The van der Waals surface area contributed by atoms with Crippen LogP contribution in [0.5, 0.6) is 0 Å². The maximum Gasteiger partial charge on any atom is 0.490 e. The standard InChI is InChI=1S/C18H23N3O2S.2C2HF3O2/c1-13-17(24-12-20-13)10-21-9-16(18-15(21)5-3-7-22-18)23-11-14-4-2-6-19-8-14;2*3-2(4,5)1(6)7/h2,4,6,8,12,15-16,18H,3,5,7,9-11H2,1H3;2*(H,6,7)/t15-,16-,18+;;/m1../s1. The molecule has 0 amide bonds. The number of hydrogen-bond acceptors (Lipinski definition) is 8. The molecule has 0 aliphatic carbocycles. The molecule has 3 atom stereocenters. The molecular weight excluding hydrogens is 548 g/mol. The highest BCUT2D eigenvalue weighted by Crippen LogP contribution is 2.33. The molecule has 2 fully saturated rings. The van der Waals surface area contributed by atoms with Crippen molar-refractivity contribution in [3.63, 3.8) is 0 Å². The van der Waals surface area contributed by atoms with Crippen LogP contribution in [0.2, 0.25) is 0 Å². The van der Waals surface area contributed by atoms with Gasteiger partial charge in [0, 0.05) is 43.0 Å². The summed E-state index contributed by atoms with van der Waals surface area (Å²) in [6.07, 6.45) is -3.87. The van der Waals surface area contributed by atoms with E-state index in [0.29, 0.717) is 12.6 Å². The average Bonchev–Trinajstić information content (AvgIpc) is 3.41. The SMILES string of the molecule is Cc1ncsc1CN1C[C@@H](OCc2cccnc2)[C@H]2OCCC[C@H]21.O=C(O)C(F)(F)F.O=C(O)C(F)(F)F. The Balaban J connectivity index is 0.000000301. The summed E-state index contributed by atoms with van der Waals surface area (Å²) in [4.78, 5) is 30.2. The van der Waals surface area contributed by atoms with Crippen molar-refractivity contribution in [2.24, 2.45) is 0 Å². The van der Waals surface area contributed by atoms with Crippen molar-refractivity contribution in [1.29, 1.82) is 0 Å². The number of thiazole rings is 1. The largest absolute Gasteiger partial charge is 0.490 e. The predicted octanol–water partition coefficient (Wildman–Crippen LogP) is 4.06. The van der Waals surface area contributed by atoms with Crippen LogP contribution >= 0.6 is 11.3 Å². The molecule has 2 aromatic rings. The van der Waals surface area contributed by atoms with Crippen LogP contribution in [0, 0.1) is 6.92 Å². The maximum absolute atomic E-state index is 10.6. The van der Waals surface area contributed by atoms with Crippen molar-refractivity contribution >= 4 is 23.3 Å².